The van der Waals surface area contributed by atoms with Gasteiger partial charge in [0.15, 0.2) is 5.54 Å². The smallest absolute Gasteiger partial charge is 0.271 e. The second-order valence-electron chi connectivity index (χ2n) is 3.89. The predicted octanol–water partition coefficient (Wildman–Crippen LogP) is 0.651. The van der Waals surface area contributed by atoms with E-state index in [2.05, 4.69) is 9.98 Å². The zero-order chi connectivity index (χ0) is 13.3. The lowest BCUT2D eigenvalue weighted by Crippen LogP contribution is -2.46. The van der Waals surface area contributed by atoms with Crippen molar-refractivity contribution in [1.29, 1.82) is 0 Å². The van der Waals surface area contributed by atoms with E-state index >= 15 is 0 Å². The summed E-state index contributed by atoms with van der Waals surface area (Å²) in [6.45, 7) is -0.572. The maximum Gasteiger partial charge on any atom is 0.271 e. The van der Waals surface area contributed by atoms with Crippen molar-refractivity contribution in [2.45, 2.75) is 12.0 Å². The van der Waals surface area contributed by atoms with Gasteiger partial charge in [0.2, 0.25) is 0 Å². The molecule has 0 spiro atoms. The molecule has 5 nitrogen and oxygen atoms in total. The maximum absolute atomic E-state index is 13.7. The summed E-state index contributed by atoms with van der Waals surface area (Å²) >= 11 is 0. The van der Waals surface area contributed by atoms with E-state index < -0.39 is 30.1 Å². The van der Waals surface area contributed by atoms with Crippen LogP contribution in [0.1, 0.15) is 5.69 Å². The Morgan fingerprint density at radius 1 is 1.33 bits per heavy atom. The van der Waals surface area contributed by atoms with Crippen LogP contribution in [0.25, 0.3) is 0 Å². The summed E-state index contributed by atoms with van der Waals surface area (Å²) in [7, 11) is 0. The van der Waals surface area contributed by atoms with Crippen LogP contribution in [0.4, 0.5) is 19.0 Å². The highest BCUT2D eigenvalue weighted by Crippen LogP contribution is 2.35. The molecule has 0 aliphatic carbocycles. The SMILES string of the molecule is NC1=NC(c2nc(N)ccc2F)(C(F)F)COC1. The van der Waals surface area contributed by atoms with Gasteiger partial charge in [-0.3, -0.25) is 0 Å². The summed E-state index contributed by atoms with van der Waals surface area (Å²) in [4.78, 5) is 7.25. The molecule has 1 aromatic rings. The first-order valence-electron chi connectivity index (χ1n) is 5.08. The molecule has 1 aromatic heterocycles. The lowest BCUT2D eigenvalue weighted by molar-refractivity contribution is -0.0168. The molecular formula is C10H11F3N4O. The molecular weight excluding hydrogens is 249 g/mol. The number of amidine groups is 1. The number of nitrogens with zero attached hydrogens (tertiary/aromatic N) is 2. The number of halogens is 3. The van der Waals surface area contributed by atoms with Crippen LogP contribution < -0.4 is 11.5 Å². The lowest BCUT2D eigenvalue weighted by Gasteiger charge is -2.32. The van der Waals surface area contributed by atoms with Crippen molar-refractivity contribution in [2.75, 3.05) is 18.9 Å². The monoisotopic (exact) mass is 260 g/mol. The van der Waals surface area contributed by atoms with Crippen molar-refractivity contribution < 1.29 is 17.9 Å². The number of alkyl halides is 2. The molecule has 0 radical (unpaired) electrons. The van der Waals surface area contributed by atoms with Gasteiger partial charge in [0.1, 0.15) is 29.8 Å². The molecule has 1 aliphatic rings. The largest absolute Gasteiger partial charge is 0.385 e. The number of aromatic nitrogens is 1. The maximum atomic E-state index is 13.7. The number of pyridine rings is 1. The van der Waals surface area contributed by atoms with E-state index in [-0.39, 0.29) is 18.3 Å². The van der Waals surface area contributed by atoms with Gasteiger partial charge in [-0.05, 0) is 12.1 Å². The summed E-state index contributed by atoms with van der Waals surface area (Å²) in [6, 6.07) is 2.14. The van der Waals surface area contributed by atoms with Gasteiger partial charge in [0.05, 0.1) is 6.61 Å². The molecule has 0 fully saturated rings. The van der Waals surface area contributed by atoms with Crippen LogP contribution >= 0.6 is 0 Å². The first-order valence-corrected chi connectivity index (χ1v) is 5.08. The summed E-state index contributed by atoms with van der Waals surface area (Å²) in [5, 5.41) is 0. The molecule has 4 N–H and O–H groups in total. The molecule has 2 heterocycles. The Hall–Kier alpha value is -1.83. The second kappa shape index (κ2) is 4.45. The number of hydrogen-bond donors (Lipinski definition) is 2. The standard InChI is InChI=1S/C10H11F3N4O/c11-5-1-2-6(14)16-8(5)10(9(12)13)4-18-3-7(15)17-10/h1-2,9H,3-4H2,(H2,14,16)(H2,15,17). The topological polar surface area (TPSA) is 86.5 Å². The minimum Gasteiger partial charge on any atom is -0.385 e. The minimum absolute atomic E-state index is 0.0710. The second-order valence-corrected chi connectivity index (χ2v) is 3.89. The Morgan fingerprint density at radius 3 is 2.67 bits per heavy atom. The third kappa shape index (κ3) is 1.99. The summed E-state index contributed by atoms with van der Waals surface area (Å²) in [5.74, 6) is -1.14. The van der Waals surface area contributed by atoms with Crippen molar-refractivity contribution >= 4 is 11.7 Å². The van der Waals surface area contributed by atoms with Crippen LogP contribution in [0, 0.1) is 5.82 Å². The van der Waals surface area contributed by atoms with E-state index in [9.17, 15) is 13.2 Å². The van der Waals surface area contributed by atoms with Gasteiger partial charge < -0.3 is 16.2 Å². The van der Waals surface area contributed by atoms with E-state index in [1.165, 1.54) is 6.07 Å². The first-order chi connectivity index (χ1) is 8.45. The van der Waals surface area contributed by atoms with Gasteiger partial charge in [-0.2, -0.15) is 0 Å². The molecule has 0 saturated carbocycles. The highest BCUT2D eigenvalue weighted by molar-refractivity contribution is 5.82. The van der Waals surface area contributed by atoms with E-state index in [0.717, 1.165) is 6.07 Å². The summed E-state index contributed by atoms with van der Waals surface area (Å²) in [5.41, 5.74) is 7.98. The fourth-order valence-corrected chi connectivity index (χ4v) is 1.73. The number of anilines is 1. The molecule has 8 heteroatoms. The number of aliphatic imine (C=N–C) groups is 1. The fraction of sp³-hybridized carbons (Fsp3) is 0.400. The molecule has 1 atom stereocenters. The van der Waals surface area contributed by atoms with E-state index in [4.69, 9.17) is 16.2 Å². The predicted molar refractivity (Wildman–Crippen MR) is 58.7 cm³/mol. The fourth-order valence-electron chi connectivity index (χ4n) is 1.73. The molecule has 0 bridgehead atoms. The third-order valence-corrected chi connectivity index (χ3v) is 2.55. The Balaban J connectivity index is 2.61. The van der Waals surface area contributed by atoms with Crippen molar-refractivity contribution in [2.24, 2.45) is 10.7 Å². The zero-order valence-corrected chi connectivity index (χ0v) is 9.24. The van der Waals surface area contributed by atoms with Gasteiger partial charge in [-0.25, -0.2) is 23.1 Å². The van der Waals surface area contributed by atoms with Gasteiger partial charge in [0.25, 0.3) is 6.43 Å². The van der Waals surface area contributed by atoms with Crippen LogP contribution in [0.3, 0.4) is 0 Å². The average Bonchev–Trinajstić information content (AvgIpc) is 2.32. The Morgan fingerprint density at radius 2 is 2.06 bits per heavy atom. The number of rotatable bonds is 2. The van der Waals surface area contributed by atoms with Crippen molar-refractivity contribution in [3.8, 4) is 0 Å². The molecule has 98 valence electrons. The van der Waals surface area contributed by atoms with Crippen molar-refractivity contribution in [3.05, 3.63) is 23.6 Å². The number of hydrogen-bond acceptors (Lipinski definition) is 5. The van der Waals surface area contributed by atoms with Crippen LogP contribution in [0.5, 0.6) is 0 Å². The normalized spacial score (nSPS) is 24.1. The highest BCUT2D eigenvalue weighted by atomic mass is 19.3. The third-order valence-electron chi connectivity index (χ3n) is 2.55. The van der Waals surface area contributed by atoms with Crippen LogP contribution in [0.15, 0.2) is 17.1 Å². The molecule has 0 aromatic carbocycles. The van der Waals surface area contributed by atoms with Gasteiger partial charge in [0, 0.05) is 0 Å². The number of nitrogen functional groups attached to an aromatic ring is 1. The average molecular weight is 260 g/mol. The van der Waals surface area contributed by atoms with Gasteiger partial charge >= 0.3 is 0 Å². The quantitative estimate of drug-likeness (QED) is 0.817. The Labute approximate surface area is 101 Å². The van der Waals surface area contributed by atoms with Crippen LogP contribution in [-0.4, -0.2) is 30.5 Å². The van der Waals surface area contributed by atoms with Gasteiger partial charge in [-0.1, -0.05) is 0 Å². The summed E-state index contributed by atoms with van der Waals surface area (Å²) < 4.78 is 45.1. The van der Waals surface area contributed by atoms with E-state index in [0.29, 0.717) is 0 Å². The Kier molecular flexibility index (Phi) is 3.12. The van der Waals surface area contributed by atoms with Crippen LogP contribution in [0.2, 0.25) is 0 Å². The van der Waals surface area contributed by atoms with Gasteiger partial charge in [-0.15, -0.1) is 0 Å². The minimum atomic E-state index is -3.01. The molecule has 18 heavy (non-hydrogen) atoms. The van der Waals surface area contributed by atoms with Crippen molar-refractivity contribution in [3.63, 3.8) is 0 Å². The highest BCUT2D eigenvalue weighted by Gasteiger charge is 2.47. The van der Waals surface area contributed by atoms with E-state index in [1.54, 1.807) is 0 Å². The Bertz CT molecular complexity index is 494. The van der Waals surface area contributed by atoms with Crippen LogP contribution in [-0.2, 0) is 10.3 Å². The molecule has 0 saturated heterocycles. The lowest BCUT2D eigenvalue weighted by atomic mass is 9.95. The zero-order valence-electron chi connectivity index (χ0n) is 9.24. The molecule has 2 rings (SSSR count). The first kappa shape index (κ1) is 12.6. The number of ether oxygens (including phenoxy) is 1. The molecule has 1 unspecified atom stereocenters. The van der Waals surface area contributed by atoms with E-state index in [1.807, 2.05) is 0 Å². The molecule has 0 amide bonds. The summed E-state index contributed by atoms with van der Waals surface area (Å²) in [6.07, 6.45) is -3.01. The van der Waals surface area contributed by atoms with Crippen molar-refractivity contribution in [1.82, 2.24) is 4.98 Å². The number of nitrogens with two attached hydrogens (primary N) is 2. The molecule has 1 aliphatic heterocycles.